The first-order chi connectivity index (χ1) is 7.10. The second kappa shape index (κ2) is 5.75. The summed E-state index contributed by atoms with van der Waals surface area (Å²) < 4.78 is 1.62. The van der Waals surface area contributed by atoms with E-state index in [0.29, 0.717) is 10.6 Å². The van der Waals surface area contributed by atoms with Crippen LogP contribution in [-0.4, -0.2) is 9.97 Å². The Morgan fingerprint density at radius 1 is 1.47 bits per heavy atom. The number of aromatic nitrogens is 2. The molecule has 0 aliphatic carbocycles. The van der Waals surface area contributed by atoms with Crippen LogP contribution in [0.1, 0.15) is 51.0 Å². The van der Waals surface area contributed by atoms with Crippen molar-refractivity contribution in [2.24, 2.45) is 0 Å². The van der Waals surface area contributed by atoms with Gasteiger partial charge in [0.25, 0.3) is 0 Å². The van der Waals surface area contributed by atoms with Gasteiger partial charge in [0.2, 0.25) is 0 Å². The van der Waals surface area contributed by atoms with Gasteiger partial charge in [0, 0.05) is 11.6 Å². The van der Waals surface area contributed by atoms with E-state index >= 15 is 0 Å². The van der Waals surface area contributed by atoms with Crippen LogP contribution in [0.5, 0.6) is 0 Å². The van der Waals surface area contributed by atoms with E-state index in [1.165, 1.54) is 5.69 Å². The number of H-pyrrole nitrogens is 1. The molecule has 0 aromatic carbocycles. The topological polar surface area (TPSA) is 28.7 Å². The molecule has 1 aromatic rings. The van der Waals surface area contributed by atoms with Gasteiger partial charge in [-0.15, -0.1) is 0 Å². The monoisotopic (exact) mass is 288 g/mol. The molecule has 0 saturated carbocycles. The number of aromatic amines is 1. The number of aryl methyl sites for hydroxylation is 1. The molecule has 2 nitrogen and oxygen atoms in total. The van der Waals surface area contributed by atoms with Gasteiger partial charge >= 0.3 is 0 Å². The Morgan fingerprint density at radius 2 is 2.13 bits per heavy atom. The van der Waals surface area contributed by atoms with E-state index in [9.17, 15) is 0 Å². The van der Waals surface area contributed by atoms with E-state index in [-0.39, 0.29) is 0 Å². The lowest BCUT2D eigenvalue weighted by molar-refractivity contribution is 0.664. The van der Waals surface area contributed by atoms with Crippen molar-refractivity contribution in [3.05, 3.63) is 20.6 Å². The summed E-state index contributed by atoms with van der Waals surface area (Å²) in [4.78, 5) is 7.78. The normalized spacial score (nSPS) is 12.8. The van der Waals surface area contributed by atoms with Crippen LogP contribution >= 0.6 is 28.1 Å². The zero-order chi connectivity index (χ0) is 11.4. The maximum Gasteiger partial charge on any atom is 0.144 e. The highest BCUT2D eigenvalue weighted by Gasteiger charge is 2.09. The summed E-state index contributed by atoms with van der Waals surface area (Å²) in [7, 11) is 0. The molecular formula is C11H17BrN2S. The summed E-state index contributed by atoms with van der Waals surface area (Å²) in [5.41, 5.74) is 1.17. The predicted molar refractivity (Wildman–Crippen MR) is 69.8 cm³/mol. The SMILES string of the molecule is CCCc1[nH]c(C(C)CC)nc(=S)c1Br. The highest BCUT2D eigenvalue weighted by atomic mass is 79.9. The van der Waals surface area contributed by atoms with Crippen LogP contribution in [0, 0.1) is 4.64 Å². The second-order valence-electron chi connectivity index (χ2n) is 3.78. The van der Waals surface area contributed by atoms with E-state index in [1.807, 2.05) is 0 Å². The first kappa shape index (κ1) is 12.8. The minimum absolute atomic E-state index is 0.440. The third kappa shape index (κ3) is 3.11. The fourth-order valence-corrected chi connectivity index (χ4v) is 1.98. The Balaban J connectivity index is 3.17. The molecule has 1 heterocycles. The van der Waals surface area contributed by atoms with Gasteiger partial charge in [-0.1, -0.05) is 39.4 Å². The summed E-state index contributed by atoms with van der Waals surface area (Å²) in [5, 5.41) is 0. The Labute approximate surface area is 105 Å². The number of hydrogen-bond acceptors (Lipinski definition) is 2. The van der Waals surface area contributed by atoms with Crippen molar-refractivity contribution < 1.29 is 0 Å². The number of nitrogens with zero attached hydrogens (tertiary/aromatic N) is 1. The van der Waals surface area contributed by atoms with Crippen molar-refractivity contribution in [1.82, 2.24) is 9.97 Å². The molecule has 0 saturated heterocycles. The molecule has 4 heteroatoms. The minimum Gasteiger partial charge on any atom is -0.346 e. The van der Waals surface area contributed by atoms with Crippen LogP contribution in [0.15, 0.2) is 4.47 Å². The average molecular weight is 289 g/mol. The fraction of sp³-hybridized carbons (Fsp3) is 0.636. The van der Waals surface area contributed by atoms with E-state index in [2.05, 4.69) is 46.7 Å². The number of halogens is 1. The molecule has 15 heavy (non-hydrogen) atoms. The van der Waals surface area contributed by atoms with Crippen molar-refractivity contribution in [2.75, 3.05) is 0 Å². The summed E-state index contributed by atoms with van der Waals surface area (Å²) in [6.07, 6.45) is 3.19. The zero-order valence-electron chi connectivity index (χ0n) is 9.43. The number of hydrogen-bond donors (Lipinski definition) is 1. The quantitative estimate of drug-likeness (QED) is 0.834. The summed E-state index contributed by atoms with van der Waals surface area (Å²) >= 11 is 8.72. The average Bonchev–Trinajstić information content (AvgIpc) is 2.23. The Morgan fingerprint density at radius 3 is 2.67 bits per heavy atom. The molecule has 0 radical (unpaired) electrons. The van der Waals surface area contributed by atoms with Crippen LogP contribution in [-0.2, 0) is 6.42 Å². The standard InChI is InChI=1S/C11H17BrN2S/c1-4-6-8-9(12)11(15)14-10(13-8)7(3)5-2/h7H,4-6H2,1-3H3,(H,13,14,15). The number of nitrogens with one attached hydrogen (secondary N) is 1. The van der Waals surface area contributed by atoms with Crippen LogP contribution in [0.25, 0.3) is 0 Å². The molecule has 1 N–H and O–H groups in total. The lowest BCUT2D eigenvalue weighted by Gasteiger charge is -2.11. The van der Waals surface area contributed by atoms with Gasteiger partial charge in [0.15, 0.2) is 0 Å². The summed E-state index contributed by atoms with van der Waals surface area (Å²) in [6.45, 7) is 6.48. The molecule has 0 amide bonds. The number of rotatable bonds is 4. The molecular weight excluding hydrogens is 272 g/mol. The molecule has 0 fully saturated rings. The van der Waals surface area contributed by atoms with Crippen molar-refractivity contribution in [2.45, 2.75) is 46.0 Å². The third-order valence-electron chi connectivity index (χ3n) is 2.53. The van der Waals surface area contributed by atoms with Crippen molar-refractivity contribution in [1.29, 1.82) is 0 Å². The predicted octanol–water partition coefficient (Wildman–Crippen LogP) is 4.37. The molecule has 0 bridgehead atoms. The Hall–Kier alpha value is -0.220. The molecule has 1 atom stereocenters. The van der Waals surface area contributed by atoms with Crippen LogP contribution in [0.3, 0.4) is 0 Å². The van der Waals surface area contributed by atoms with Crippen LogP contribution < -0.4 is 0 Å². The molecule has 1 rings (SSSR count). The van der Waals surface area contributed by atoms with Crippen molar-refractivity contribution in [3.63, 3.8) is 0 Å². The molecule has 0 aliphatic heterocycles. The van der Waals surface area contributed by atoms with E-state index in [0.717, 1.165) is 29.6 Å². The molecule has 84 valence electrons. The highest BCUT2D eigenvalue weighted by Crippen LogP contribution is 2.21. The molecule has 1 unspecified atom stereocenters. The smallest absolute Gasteiger partial charge is 0.144 e. The summed E-state index contributed by atoms with van der Waals surface area (Å²) in [5.74, 6) is 1.45. The first-order valence-electron chi connectivity index (χ1n) is 5.38. The van der Waals surface area contributed by atoms with Crippen LogP contribution in [0.4, 0.5) is 0 Å². The highest BCUT2D eigenvalue weighted by molar-refractivity contribution is 9.10. The van der Waals surface area contributed by atoms with Gasteiger partial charge < -0.3 is 4.98 Å². The van der Waals surface area contributed by atoms with E-state index < -0.39 is 0 Å². The third-order valence-corrected chi connectivity index (χ3v) is 3.94. The van der Waals surface area contributed by atoms with Crippen molar-refractivity contribution in [3.8, 4) is 0 Å². The maximum atomic E-state index is 5.23. The van der Waals surface area contributed by atoms with E-state index in [1.54, 1.807) is 0 Å². The van der Waals surface area contributed by atoms with Gasteiger partial charge in [-0.05, 0) is 28.8 Å². The van der Waals surface area contributed by atoms with Gasteiger partial charge in [-0.3, -0.25) is 0 Å². The van der Waals surface area contributed by atoms with Crippen molar-refractivity contribution >= 4 is 28.1 Å². The van der Waals surface area contributed by atoms with Gasteiger partial charge in [0.1, 0.15) is 10.5 Å². The molecule has 1 aromatic heterocycles. The zero-order valence-corrected chi connectivity index (χ0v) is 11.8. The maximum absolute atomic E-state index is 5.23. The minimum atomic E-state index is 0.440. The second-order valence-corrected chi connectivity index (χ2v) is 4.96. The van der Waals surface area contributed by atoms with E-state index in [4.69, 9.17) is 12.2 Å². The first-order valence-corrected chi connectivity index (χ1v) is 6.58. The lowest BCUT2D eigenvalue weighted by Crippen LogP contribution is -2.04. The lowest BCUT2D eigenvalue weighted by atomic mass is 10.1. The van der Waals surface area contributed by atoms with Gasteiger partial charge in [-0.2, -0.15) is 0 Å². The Kier molecular flexibility index (Phi) is 4.93. The largest absolute Gasteiger partial charge is 0.346 e. The molecule has 0 spiro atoms. The van der Waals surface area contributed by atoms with Gasteiger partial charge in [-0.25, -0.2) is 4.98 Å². The van der Waals surface area contributed by atoms with Crippen LogP contribution in [0.2, 0.25) is 0 Å². The Bertz CT molecular complexity index is 387. The molecule has 0 aliphatic rings. The van der Waals surface area contributed by atoms with Gasteiger partial charge in [0.05, 0.1) is 4.47 Å². The summed E-state index contributed by atoms with van der Waals surface area (Å²) in [6, 6.07) is 0. The fourth-order valence-electron chi connectivity index (χ4n) is 1.37.